The molecule has 0 aromatic carbocycles. The van der Waals surface area contributed by atoms with Crippen LogP contribution in [-0.2, 0) is 12.8 Å². The molecule has 2 N–H and O–H groups in total. The third-order valence-corrected chi connectivity index (χ3v) is 3.26. The normalized spacial score (nSPS) is 10.8. The standard InChI is InChI=1S/C15H22N2/c1(2-4-6-14-8-10-16-12-14)3-5-7-15-9-11-17-13-15/h8-13,16-17H,1-7H2. The Hall–Kier alpha value is -1.44. The van der Waals surface area contributed by atoms with Crippen LogP contribution in [0.1, 0.15) is 43.2 Å². The fourth-order valence-electron chi connectivity index (χ4n) is 2.22. The first-order valence-corrected chi connectivity index (χ1v) is 6.68. The minimum absolute atomic E-state index is 1.22. The van der Waals surface area contributed by atoms with E-state index in [1.807, 2.05) is 12.4 Å². The van der Waals surface area contributed by atoms with Crippen molar-refractivity contribution in [3.05, 3.63) is 48.0 Å². The Kier molecular flexibility index (Phi) is 4.95. The number of aromatic nitrogens is 2. The Labute approximate surface area is 103 Å². The Bertz CT molecular complexity index is 335. The van der Waals surface area contributed by atoms with Crippen LogP contribution in [-0.4, -0.2) is 9.97 Å². The van der Waals surface area contributed by atoms with Gasteiger partial charge in [-0.2, -0.15) is 0 Å². The zero-order valence-electron chi connectivity index (χ0n) is 10.4. The number of unbranched alkanes of at least 4 members (excludes halogenated alkanes) is 4. The molecular formula is C15H22N2. The number of hydrogen-bond acceptors (Lipinski definition) is 0. The van der Waals surface area contributed by atoms with Gasteiger partial charge in [0.1, 0.15) is 0 Å². The van der Waals surface area contributed by atoms with Crippen molar-refractivity contribution in [3.8, 4) is 0 Å². The Morgan fingerprint density at radius 3 is 1.53 bits per heavy atom. The molecule has 0 fully saturated rings. The minimum atomic E-state index is 1.22. The monoisotopic (exact) mass is 230 g/mol. The van der Waals surface area contributed by atoms with E-state index in [0.717, 1.165) is 0 Å². The number of H-pyrrole nitrogens is 2. The van der Waals surface area contributed by atoms with E-state index in [4.69, 9.17) is 0 Å². The third kappa shape index (κ3) is 4.51. The van der Waals surface area contributed by atoms with E-state index in [-0.39, 0.29) is 0 Å². The molecule has 0 amide bonds. The van der Waals surface area contributed by atoms with Crippen LogP contribution in [0.4, 0.5) is 0 Å². The number of rotatable bonds is 8. The Morgan fingerprint density at radius 2 is 1.12 bits per heavy atom. The molecule has 0 spiro atoms. The molecule has 0 aliphatic heterocycles. The Balaban J connectivity index is 1.44. The van der Waals surface area contributed by atoms with Gasteiger partial charge in [-0.15, -0.1) is 0 Å². The van der Waals surface area contributed by atoms with Crippen molar-refractivity contribution in [3.63, 3.8) is 0 Å². The highest BCUT2D eigenvalue weighted by molar-refractivity contribution is 5.08. The molecule has 2 nitrogen and oxygen atoms in total. The van der Waals surface area contributed by atoms with Gasteiger partial charge in [0.15, 0.2) is 0 Å². The van der Waals surface area contributed by atoms with Crippen molar-refractivity contribution in [1.29, 1.82) is 0 Å². The van der Waals surface area contributed by atoms with Gasteiger partial charge in [-0.3, -0.25) is 0 Å². The second kappa shape index (κ2) is 7.00. The summed E-state index contributed by atoms with van der Waals surface area (Å²) >= 11 is 0. The molecule has 0 saturated heterocycles. The molecular weight excluding hydrogens is 208 g/mol. The maximum absolute atomic E-state index is 3.10. The average Bonchev–Trinajstić information content (AvgIpc) is 3.00. The summed E-state index contributed by atoms with van der Waals surface area (Å²) in [5.41, 5.74) is 2.88. The second-order valence-corrected chi connectivity index (χ2v) is 4.71. The predicted octanol–water partition coefficient (Wildman–Crippen LogP) is 4.08. The van der Waals surface area contributed by atoms with Gasteiger partial charge in [-0.05, 0) is 48.9 Å². The zero-order valence-corrected chi connectivity index (χ0v) is 10.4. The lowest BCUT2D eigenvalue weighted by Gasteiger charge is -2.00. The molecule has 2 heteroatoms. The lowest BCUT2D eigenvalue weighted by atomic mass is 10.1. The molecule has 17 heavy (non-hydrogen) atoms. The van der Waals surface area contributed by atoms with Crippen molar-refractivity contribution >= 4 is 0 Å². The van der Waals surface area contributed by atoms with E-state index in [0.29, 0.717) is 0 Å². The van der Waals surface area contributed by atoms with Gasteiger partial charge in [0.25, 0.3) is 0 Å². The molecule has 0 unspecified atom stereocenters. The maximum atomic E-state index is 3.10. The number of aromatic amines is 2. The molecule has 0 bridgehead atoms. The summed E-state index contributed by atoms with van der Waals surface area (Å²) in [5.74, 6) is 0. The smallest absolute Gasteiger partial charge is 0.00373 e. The van der Waals surface area contributed by atoms with E-state index in [2.05, 4.69) is 34.5 Å². The highest BCUT2D eigenvalue weighted by Gasteiger charge is 1.95. The van der Waals surface area contributed by atoms with Crippen LogP contribution in [0.3, 0.4) is 0 Å². The first-order chi connectivity index (χ1) is 8.45. The van der Waals surface area contributed by atoms with Crippen LogP contribution in [0.15, 0.2) is 36.9 Å². The quantitative estimate of drug-likeness (QED) is 0.640. The van der Waals surface area contributed by atoms with Gasteiger partial charge in [0, 0.05) is 24.8 Å². The second-order valence-electron chi connectivity index (χ2n) is 4.71. The van der Waals surface area contributed by atoms with Crippen LogP contribution >= 0.6 is 0 Å². The molecule has 0 aliphatic carbocycles. The summed E-state index contributed by atoms with van der Waals surface area (Å²) in [6.45, 7) is 0. The highest BCUT2D eigenvalue weighted by Crippen LogP contribution is 2.10. The SMILES string of the molecule is c1cc(CCCCCCCc2cc[nH]c2)c[nH]1. The minimum Gasteiger partial charge on any atom is -0.367 e. The maximum Gasteiger partial charge on any atom is 0.00373 e. The summed E-state index contributed by atoms with van der Waals surface area (Å²) in [7, 11) is 0. The van der Waals surface area contributed by atoms with E-state index in [9.17, 15) is 0 Å². The number of aryl methyl sites for hydroxylation is 2. The molecule has 2 aromatic rings. The fraction of sp³-hybridized carbons (Fsp3) is 0.467. The molecule has 0 aliphatic rings. The van der Waals surface area contributed by atoms with Crippen LogP contribution in [0.25, 0.3) is 0 Å². The van der Waals surface area contributed by atoms with E-state index in [1.165, 1.54) is 56.1 Å². The van der Waals surface area contributed by atoms with E-state index in [1.54, 1.807) is 0 Å². The van der Waals surface area contributed by atoms with Gasteiger partial charge in [-0.1, -0.05) is 19.3 Å². The van der Waals surface area contributed by atoms with Crippen LogP contribution < -0.4 is 0 Å². The molecule has 2 aromatic heterocycles. The van der Waals surface area contributed by atoms with Crippen LogP contribution in [0, 0.1) is 0 Å². The van der Waals surface area contributed by atoms with Crippen molar-refractivity contribution in [2.24, 2.45) is 0 Å². The van der Waals surface area contributed by atoms with Crippen LogP contribution in [0.5, 0.6) is 0 Å². The zero-order chi connectivity index (χ0) is 11.8. The molecule has 0 atom stereocenters. The topological polar surface area (TPSA) is 31.6 Å². The van der Waals surface area contributed by atoms with E-state index < -0.39 is 0 Å². The van der Waals surface area contributed by atoms with Gasteiger partial charge in [-0.25, -0.2) is 0 Å². The molecule has 0 saturated carbocycles. The molecule has 2 rings (SSSR count). The summed E-state index contributed by atoms with van der Waals surface area (Å²) in [6, 6.07) is 4.35. The first-order valence-electron chi connectivity index (χ1n) is 6.68. The van der Waals surface area contributed by atoms with Crippen molar-refractivity contribution in [2.45, 2.75) is 44.9 Å². The number of hydrogen-bond donors (Lipinski definition) is 2. The van der Waals surface area contributed by atoms with Gasteiger partial charge < -0.3 is 9.97 Å². The third-order valence-electron chi connectivity index (χ3n) is 3.26. The average molecular weight is 230 g/mol. The van der Waals surface area contributed by atoms with Crippen molar-refractivity contribution < 1.29 is 0 Å². The van der Waals surface area contributed by atoms with Crippen molar-refractivity contribution in [1.82, 2.24) is 9.97 Å². The van der Waals surface area contributed by atoms with Gasteiger partial charge in [0.05, 0.1) is 0 Å². The lowest BCUT2D eigenvalue weighted by molar-refractivity contribution is 0.614. The predicted molar refractivity (Wildman–Crippen MR) is 72.1 cm³/mol. The summed E-state index contributed by atoms with van der Waals surface area (Å²) in [5, 5.41) is 0. The number of nitrogens with one attached hydrogen (secondary N) is 2. The Morgan fingerprint density at radius 1 is 0.647 bits per heavy atom. The summed E-state index contributed by atoms with van der Waals surface area (Å²) in [4.78, 5) is 6.21. The summed E-state index contributed by atoms with van der Waals surface area (Å²) < 4.78 is 0. The van der Waals surface area contributed by atoms with Gasteiger partial charge >= 0.3 is 0 Å². The largest absolute Gasteiger partial charge is 0.367 e. The lowest BCUT2D eigenvalue weighted by Crippen LogP contribution is -1.86. The van der Waals surface area contributed by atoms with Crippen LogP contribution in [0.2, 0.25) is 0 Å². The van der Waals surface area contributed by atoms with Crippen molar-refractivity contribution in [2.75, 3.05) is 0 Å². The summed E-state index contributed by atoms with van der Waals surface area (Å²) in [6.07, 6.45) is 17.4. The molecule has 92 valence electrons. The highest BCUT2D eigenvalue weighted by atomic mass is 14.6. The molecule has 2 heterocycles. The van der Waals surface area contributed by atoms with Gasteiger partial charge in [0.2, 0.25) is 0 Å². The molecule has 0 radical (unpaired) electrons. The van der Waals surface area contributed by atoms with E-state index >= 15 is 0 Å². The first kappa shape index (κ1) is 12.0. The fourth-order valence-corrected chi connectivity index (χ4v) is 2.22.